The molecule has 1 saturated heterocycles. The number of hydrogen-bond donors (Lipinski definition) is 0. The van der Waals surface area contributed by atoms with Crippen molar-refractivity contribution in [2.24, 2.45) is 4.99 Å². The molecular formula is C17H23N3O4. The van der Waals surface area contributed by atoms with Crippen molar-refractivity contribution in [1.82, 2.24) is 4.90 Å². The van der Waals surface area contributed by atoms with Crippen LogP contribution in [0, 0.1) is 11.3 Å². The highest BCUT2D eigenvalue weighted by atomic mass is 16.5. The van der Waals surface area contributed by atoms with E-state index >= 15 is 0 Å². The van der Waals surface area contributed by atoms with E-state index in [-0.39, 0.29) is 0 Å². The van der Waals surface area contributed by atoms with Crippen LogP contribution >= 0.6 is 0 Å². The van der Waals surface area contributed by atoms with Crippen molar-refractivity contribution in [1.29, 1.82) is 5.26 Å². The van der Waals surface area contributed by atoms with Gasteiger partial charge in [-0.1, -0.05) is 0 Å². The Morgan fingerprint density at radius 1 is 1.29 bits per heavy atom. The van der Waals surface area contributed by atoms with Crippen LogP contribution in [0.15, 0.2) is 17.1 Å². The molecule has 7 heteroatoms. The van der Waals surface area contributed by atoms with Crippen LogP contribution in [0.3, 0.4) is 0 Å². The first-order valence-electron chi connectivity index (χ1n) is 7.89. The van der Waals surface area contributed by atoms with E-state index in [1.54, 1.807) is 19.2 Å². The van der Waals surface area contributed by atoms with Crippen molar-refractivity contribution in [3.05, 3.63) is 17.7 Å². The van der Waals surface area contributed by atoms with Gasteiger partial charge in [-0.15, -0.1) is 0 Å². The van der Waals surface area contributed by atoms with Crippen LogP contribution in [0.5, 0.6) is 11.5 Å². The third-order valence-corrected chi connectivity index (χ3v) is 3.68. The van der Waals surface area contributed by atoms with Gasteiger partial charge in [-0.2, -0.15) is 5.26 Å². The standard InChI is InChI=1S/C17H23N3O4/c1-21-13-19-15-11-17(16(22-2)10-14(15)12-18)24-7-3-4-20-5-8-23-9-6-20/h10-11,13H,3-9H2,1-2H3. The number of benzene rings is 1. The number of rotatable bonds is 8. The first-order chi connectivity index (χ1) is 11.8. The molecule has 0 aliphatic carbocycles. The molecule has 7 nitrogen and oxygen atoms in total. The first-order valence-corrected chi connectivity index (χ1v) is 7.89. The predicted octanol–water partition coefficient (Wildman–Crippen LogP) is 1.97. The van der Waals surface area contributed by atoms with Gasteiger partial charge in [0.05, 0.1) is 45.3 Å². The lowest BCUT2D eigenvalue weighted by Crippen LogP contribution is -2.37. The summed E-state index contributed by atoms with van der Waals surface area (Å²) in [5.74, 6) is 1.09. The molecule has 0 atom stereocenters. The number of morpholine rings is 1. The maximum absolute atomic E-state index is 9.21. The molecule has 1 aromatic carbocycles. The van der Waals surface area contributed by atoms with Gasteiger partial charge in [-0.3, -0.25) is 4.90 Å². The Kier molecular flexibility index (Phi) is 7.33. The molecule has 0 aromatic heterocycles. The molecule has 0 spiro atoms. The van der Waals surface area contributed by atoms with Crippen LogP contribution in [0.25, 0.3) is 0 Å². The van der Waals surface area contributed by atoms with Gasteiger partial charge < -0.3 is 18.9 Å². The zero-order valence-corrected chi connectivity index (χ0v) is 14.2. The molecule has 2 rings (SSSR count). The lowest BCUT2D eigenvalue weighted by molar-refractivity contribution is 0.0357. The Balaban J connectivity index is 1.97. The maximum Gasteiger partial charge on any atom is 0.174 e. The first kappa shape index (κ1) is 18.0. The van der Waals surface area contributed by atoms with Crippen LogP contribution in [0.1, 0.15) is 12.0 Å². The molecule has 0 bridgehead atoms. The molecule has 0 saturated carbocycles. The summed E-state index contributed by atoms with van der Waals surface area (Å²) in [6.07, 6.45) is 2.19. The molecule has 0 radical (unpaired) electrons. The van der Waals surface area contributed by atoms with Crippen LogP contribution in [-0.4, -0.2) is 65.0 Å². The summed E-state index contributed by atoms with van der Waals surface area (Å²) < 4.78 is 21.3. The van der Waals surface area contributed by atoms with Gasteiger partial charge >= 0.3 is 0 Å². The molecule has 1 fully saturated rings. The molecule has 24 heavy (non-hydrogen) atoms. The molecule has 1 aromatic rings. The van der Waals surface area contributed by atoms with Crippen molar-refractivity contribution < 1.29 is 18.9 Å². The van der Waals surface area contributed by atoms with Gasteiger partial charge in [0, 0.05) is 31.8 Å². The maximum atomic E-state index is 9.21. The Labute approximate surface area is 142 Å². The van der Waals surface area contributed by atoms with Crippen molar-refractivity contribution in [3.63, 3.8) is 0 Å². The summed E-state index contributed by atoms with van der Waals surface area (Å²) in [6.45, 7) is 5.06. The minimum absolute atomic E-state index is 0.404. The normalized spacial score (nSPS) is 15.2. The fourth-order valence-corrected chi connectivity index (χ4v) is 2.42. The summed E-state index contributed by atoms with van der Waals surface area (Å²) in [6, 6.07) is 5.41. The molecule has 1 heterocycles. The molecule has 1 aliphatic rings. The SMILES string of the molecule is COC=Nc1cc(OCCCN2CCOCC2)c(OC)cc1C#N. The van der Waals surface area contributed by atoms with Crippen molar-refractivity contribution in [2.75, 3.05) is 53.7 Å². The largest absolute Gasteiger partial charge is 0.493 e. The zero-order valence-electron chi connectivity index (χ0n) is 14.2. The number of methoxy groups -OCH3 is 2. The van der Waals surface area contributed by atoms with E-state index in [4.69, 9.17) is 18.9 Å². The summed E-state index contributed by atoms with van der Waals surface area (Å²) >= 11 is 0. The van der Waals surface area contributed by atoms with Gasteiger partial charge in [0.15, 0.2) is 17.9 Å². The quantitative estimate of drug-likeness (QED) is 0.411. The third kappa shape index (κ3) is 5.11. The second-order valence-electron chi connectivity index (χ2n) is 5.26. The van der Waals surface area contributed by atoms with Gasteiger partial charge in [-0.25, -0.2) is 4.99 Å². The molecule has 0 N–H and O–H groups in total. The third-order valence-electron chi connectivity index (χ3n) is 3.68. The molecule has 130 valence electrons. The van der Waals surface area contributed by atoms with E-state index in [2.05, 4.69) is 16.0 Å². The van der Waals surface area contributed by atoms with E-state index in [0.717, 1.165) is 39.3 Å². The highest BCUT2D eigenvalue weighted by Crippen LogP contribution is 2.34. The molecular weight excluding hydrogens is 310 g/mol. The average molecular weight is 333 g/mol. The Morgan fingerprint density at radius 3 is 2.75 bits per heavy atom. The minimum Gasteiger partial charge on any atom is -0.493 e. The predicted molar refractivity (Wildman–Crippen MR) is 90.2 cm³/mol. The number of nitriles is 1. The summed E-state index contributed by atoms with van der Waals surface area (Å²) in [5.41, 5.74) is 0.893. The van der Waals surface area contributed by atoms with E-state index in [0.29, 0.717) is 29.4 Å². The smallest absolute Gasteiger partial charge is 0.174 e. The zero-order chi connectivity index (χ0) is 17.2. The van der Waals surface area contributed by atoms with Gasteiger partial charge in [0.2, 0.25) is 0 Å². The molecule has 1 aliphatic heterocycles. The van der Waals surface area contributed by atoms with Crippen LogP contribution < -0.4 is 9.47 Å². The van der Waals surface area contributed by atoms with Gasteiger partial charge in [0.25, 0.3) is 0 Å². The number of ether oxygens (including phenoxy) is 4. The van der Waals surface area contributed by atoms with Crippen LogP contribution in [0.2, 0.25) is 0 Å². The second-order valence-corrected chi connectivity index (χ2v) is 5.26. The highest BCUT2D eigenvalue weighted by Gasteiger charge is 2.13. The summed E-state index contributed by atoms with van der Waals surface area (Å²) in [4.78, 5) is 6.46. The molecule has 0 amide bonds. The number of aliphatic imine (C=N–C) groups is 1. The lowest BCUT2D eigenvalue weighted by Gasteiger charge is -2.26. The van der Waals surface area contributed by atoms with Crippen molar-refractivity contribution in [2.45, 2.75) is 6.42 Å². The lowest BCUT2D eigenvalue weighted by atomic mass is 10.1. The van der Waals surface area contributed by atoms with Gasteiger partial charge in [0.1, 0.15) is 6.07 Å². The van der Waals surface area contributed by atoms with Crippen molar-refractivity contribution in [3.8, 4) is 17.6 Å². The second kappa shape index (κ2) is 9.75. The Morgan fingerprint density at radius 2 is 2.08 bits per heavy atom. The van der Waals surface area contributed by atoms with E-state index < -0.39 is 0 Å². The van der Waals surface area contributed by atoms with Crippen LogP contribution in [-0.2, 0) is 9.47 Å². The summed E-state index contributed by atoms with van der Waals surface area (Å²) in [5, 5.41) is 9.21. The monoisotopic (exact) mass is 333 g/mol. The average Bonchev–Trinajstić information content (AvgIpc) is 2.64. The van der Waals surface area contributed by atoms with Gasteiger partial charge in [-0.05, 0) is 6.42 Å². The van der Waals surface area contributed by atoms with E-state index in [1.165, 1.54) is 13.5 Å². The Bertz CT molecular complexity index is 592. The number of nitrogens with zero attached hydrogens (tertiary/aromatic N) is 3. The van der Waals surface area contributed by atoms with E-state index in [1.807, 2.05) is 0 Å². The minimum atomic E-state index is 0.404. The molecule has 0 unspecified atom stereocenters. The van der Waals surface area contributed by atoms with Crippen LogP contribution in [0.4, 0.5) is 5.69 Å². The van der Waals surface area contributed by atoms with Crippen molar-refractivity contribution >= 4 is 12.1 Å². The Hall–Kier alpha value is -2.30. The number of hydrogen-bond acceptors (Lipinski definition) is 7. The van der Waals surface area contributed by atoms with E-state index in [9.17, 15) is 5.26 Å². The fourth-order valence-electron chi connectivity index (χ4n) is 2.42. The summed E-state index contributed by atoms with van der Waals surface area (Å²) in [7, 11) is 3.05. The highest BCUT2D eigenvalue weighted by molar-refractivity contribution is 5.66. The fraction of sp³-hybridized carbons (Fsp3) is 0.529. The topological polar surface area (TPSA) is 76.3 Å².